The summed E-state index contributed by atoms with van der Waals surface area (Å²) in [4.78, 5) is 21.6. The van der Waals surface area contributed by atoms with E-state index in [2.05, 4.69) is 4.74 Å². The van der Waals surface area contributed by atoms with Crippen LogP contribution in [0.5, 0.6) is 0 Å². The van der Waals surface area contributed by atoms with Gasteiger partial charge in [0.1, 0.15) is 12.2 Å². The predicted octanol–water partition coefficient (Wildman–Crippen LogP) is 0.680. The molecule has 0 aromatic rings. The fourth-order valence-electron chi connectivity index (χ4n) is 1.84. The Balaban J connectivity index is 5.25. The fourth-order valence-corrected chi connectivity index (χ4v) is 1.84. The summed E-state index contributed by atoms with van der Waals surface area (Å²) in [6.45, 7) is 2.83. The van der Waals surface area contributed by atoms with Gasteiger partial charge in [0.05, 0.1) is 19.8 Å². The average Bonchev–Trinajstić information content (AvgIpc) is 2.52. The molecule has 0 saturated heterocycles. The van der Waals surface area contributed by atoms with Crippen LogP contribution in [-0.2, 0) is 14.3 Å². The zero-order chi connectivity index (χ0) is 17.1. The van der Waals surface area contributed by atoms with Gasteiger partial charge in [0.2, 0.25) is 6.54 Å². The van der Waals surface area contributed by atoms with Gasteiger partial charge in [-0.15, -0.1) is 0 Å². The normalized spacial score (nSPS) is 14.7. The average molecular weight is 319 g/mol. The molecule has 0 aliphatic carbocycles. The van der Waals surface area contributed by atoms with Crippen molar-refractivity contribution in [1.82, 2.24) is 0 Å². The van der Waals surface area contributed by atoms with Gasteiger partial charge in [0, 0.05) is 16.9 Å². The second-order valence-electron chi connectivity index (χ2n) is 4.78. The first-order valence-electron chi connectivity index (χ1n) is 7.24. The van der Waals surface area contributed by atoms with E-state index < -0.39 is 36.3 Å². The number of ether oxygens (including phenoxy) is 2. The first-order valence-corrected chi connectivity index (χ1v) is 7.24. The minimum absolute atomic E-state index is 0.0441. The van der Waals surface area contributed by atoms with Gasteiger partial charge in [-0.25, -0.2) is 4.79 Å². The van der Waals surface area contributed by atoms with Crippen LogP contribution in [0.3, 0.4) is 0 Å². The second kappa shape index (κ2) is 11.1. The van der Waals surface area contributed by atoms with Crippen LogP contribution in [0, 0.1) is 10.1 Å². The third-order valence-electron chi connectivity index (χ3n) is 3.20. The molecule has 0 fully saturated rings. The molecule has 0 aliphatic rings. The summed E-state index contributed by atoms with van der Waals surface area (Å²) in [7, 11) is 1.17. The first kappa shape index (κ1) is 20.5. The van der Waals surface area contributed by atoms with Crippen LogP contribution in [0.1, 0.15) is 33.1 Å². The van der Waals surface area contributed by atoms with Crippen molar-refractivity contribution in [1.29, 1.82) is 0 Å². The molecule has 0 saturated carbocycles. The van der Waals surface area contributed by atoms with Gasteiger partial charge in [-0.1, -0.05) is 13.8 Å². The summed E-state index contributed by atoms with van der Waals surface area (Å²) in [5.41, 5.74) is 0.0441. The lowest BCUT2D eigenvalue weighted by atomic mass is 10.1. The minimum Gasteiger partial charge on any atom is -0.466 e. The highest BCUT2D eigenvalue weighted by Gasteiger charge is 2.23. The van der Waals surface area contributed by atoms with E-state index in [1.807, 2.05) is 13.8 Å². The maximum absolute atomic E-state index is 11.7. The van der Waals surface area contributed by atoms with Gasteiger partial charge in [-0.2, -0.15) is 0 Å². The van der Waals surface area contributed by atoms with Crippen LogP contribution in [-0.4, -0.2) is 59.7 Å². The molecule has 0 heterocycles. The summed E-state index contributed by atoms with van der Waals surface area (Å²) in [6, 6.07) is 0. The Morgan fingerprint density at radius 2 is 1.95 bits per heavy atom. The van der Waals surface area contributed by atoms with E-state index in [9.17, 15) is 20.0 Å². The monoisotopic (exact) mass is 319 g/mol. The number of rotatable bonds is 11. The van der Waals surface area contributed by atoms with Crippen molar-refractivity contribution in [3.8, 4) is 0 Å². The summed E-state index contributed by atoms with van der Waals surface area (Å²) in [5.74, 6) is -0.717. The second-order valence-corrected chi connectivity index (χ2v) is 4.78. The van der Waals surface area contributed by atoms with E-state index in [1.165, 1.54) is 13.2 Å². The Labute approximate surface area is 129 Å². The van der Waals surface area contributed by atoms with Crippen molar-refractivity contribution in [2.24, 2.45) is 0 Å². The maximum Gasteiger partial charge on any atom is 0.333 e. The van der Waals surface area contributed by atoms with Gasteiger partial charge >= 0.3 is 5.97 Å². The molecule has 22 heavy (non-hydrogen) atoms. The van der Waals surface area contributed by atoms with Crippen LogP contribution in [0.25, 0.3) is 0 Å². The highest BCUT2D eigenvalue weighted by Crippen LogP contribution is 2.15. The molecule has 128 valence electrons. The number of aliphatic hydroxyl groups excluding tert-OH is 2. The summed E-state index contributed by atoms with van der Waals surface area (Å²) in [5, 5.41) is 29.4. The largest absolute Gasteiger partial charge is 0.466 e. The molecule has 0 radical (unpaired) electrons. The van der Waals surface area contributed by atoms with Crippen LogP contribution < -0.4 is 0 Å². The number of hydrogen-bond acceptors (Lipinski definition) is 7. The number of hydrogen-bond donors (Lipinski definition) is 2. The lowest BCUT2D eigenvalue weighted by Gasteiger charge is -2.25. The standard InChI is InChI=1S/C14H25NO7/c1-4-11(5-2)22-13(12(17)9-16)8-10(14(18)21-3)6-7-15(19)20/h8,11-13,16-17H,4-7,9H2,1-3H3. The number of aliphatic hydroxyl groups is 2. The predicted molar refractivity (Wildman–Crippen MR) is 78.9 cm³/mol. The van der Waals surface area contributed by atoms with Gasteiger partial charge in [-0.05, 0) is 18.9 Å². The molecule has 2 unspecified atom stereocenters. The fraction of sp³-hybridized carbons (Fsp3) is 0.786. The Hall–Kier alpha value is -1.51. The van der Waals surface area contributed by atoms with Crippen molar-refractivity contribution < 1.29 is 29.4 Å². The van der Waals surface area contributed by atoms with Crippen molar-refractivity contribution in [3.05, 3.63) is 21.8 Å². The molecule has 8 heteroatoms. The summed E-state index contributed by atoms with van der Waals surface area (Å²) >= 11 is 0. The molecule has 2 atom stereocenters. The molecule has 0 aromatic carbocycles. The van der Waals surface area contributed by atoms with Gasteiger partial charge in [0.25, 0.3) is 0 Å². The minimum atomic E-state index is -1.23. The third kappa shape index (κ3) is 7.48. The van der Waals surface area contributed by atoms with Crippen LogP contribution in [0.2, 0.25) is 0 Å². The van der Waals surface area contributed by atoms with Crippen LogP contribution in [0.15, 0.2) is 11.6 Å². The zero-order valence-electron chi connectivity index (χ0n) is 13.2. The number of nitrogens with zero attached hydrogens (tertiary/aromatic N) is 1. The summed E-state index contributed by atoms with van der Waals surface area (Å²) in [6.07, 6.45) is 0.237. The number of carbonyl (C=O) groups is 1. The molecule has 0 spiro atoms. The van der Waals surface area contributed by atoms with E-state index in [4.69, 9.17) is 9.84 Å². The molecule has 0 rings (SSSR count). The maximum atomic E-state index is 11.7. The zero-order valence-corrected chi connectivity index (χ0v) is 13.2. The van der Waals surface area contributed by atoms with Crippen molar-refractivity contribution in [2.75, 3.05) is 20.3 Å². The number of esters is 1. The molecular formula is C14H25NO7. The van der Waals surface area contributed by atoms with Crippen molar-refractivity contribution in [3.63, 3.8) is 0 Å². The van der Waals surface area contributed by atoms with Gasteiger partial charge in [0.15, 0.2) is 0 Å². The highest BCUT2D eigenvalue weighted by atomic mass is 16.6. The van der Waals surface area contributed by atoms with Crippen LogP contribution >= 0.6 is 0 Å². The SMILES string of the molecule is CCC(CC)OC(C=C(CC[N+](=O)[O-])C(=O)OC)C(O)CO. The lowest BCUT2D eigenvalue weighted by molar-refractivity contribution is -0.479. The first-order chi connectivity index (χ1) is 10.4. The Morgan fingerprint density at radius 1 is 1.36 bits per heavy atom. The highest BCUT2D eigenvalue weighted by molar-refractivity contribution is 5.88. The van der Waals surface area contributed by atoms with Crippen molar-refractivity contribution >= 4 is 5.97 Å². The molecule has 2 N–H and O–H groups in total. The lowest BCUT2D eigenvalue weighted by Crippen LogP contribution is -2.34. The smallest absolute Gasteiger partial charge is 0.333 e. The molecular weight excluding hydrogens is 294 g/mol. The van der Waals surface area contributed by atoms with E-state index in [-0.39, 0.29) is 18.1 Å². The Kier molecular flexibility index (Phi) is 10.3. The quantitative estimate of drug-likeness (QED) is 0.249. The van der Waals surface area contributed by atoms with Crippen LogP contribution in [0.4, 0.5) is 0 Å². The number of methoxy groups -OCH3 is 1. The topological polar surface area (TPSA) is 119 Å². The number of carbonyl (C=O) groups excluding carboxylic acids is 1. The summed E-state index contributed by atoms with van der Waals surface area (Å²) < 4.78 is 10.3. The molecule has 0 bridgehead atoms. The van der Waals surface area contributed by atoms with E-state index in [1.54, 1.807) is 0 Å². The van der Waals surface area contributed by atoms with Gasteiger partial charge in [-0.3, -0.25) is 10.1 Å². The Morgan fingerprint density at radius 3 is 2.36 bits per heavy atom. The van der Waals surface area contributed by atoms with E-state index in [0.717, 1.165) is 0 Å². The van der Waals surface area contributed by atoms with E-state index >= 15 is 0 Å². The van der Waals surface area contributed by atoms with Gasteiger partial charge < -0.3 is 19.7 Å². The Bertz CT molecular complexity index is 379. The molecule has 0 amide bonds. The molecule has 0 aromatic heterocycles. The van der Waals surface area contributed by atoms with E-state index in [0.29, 0.717) is 12.8 Å². The third-order valence-corrected chi connectivity index (χ3v) is 3.20. The molecule has 0 aliphatic heterocycles. The molecule has 8 nitrogen and oxygen atoms in total. The number of nitro groups is 1. The van der Waals surface area contributed by atoms with Crippen molar-refractivity contribution in [2.45, 2.75) is 51.4 Å².